The maximum Gasteiger partial charge on any atom is 2.00 e. The van der Waals surface area contributed by atoms with Crippen LogP contribution in [0.15, 0.2) is 54.9 Å². The van der Waals surface area contributed by atoms with Gasteiger partial charge >= 0.3 is 37.1 Å². The van der Waals surface area contributed by atoms with Crippen LogP contribution < -0.4 is 5.32 Å². The smallest absolute Gasteiger partial charge is 0.384 e. The van der Waals surface area contributed by atoms with E-state index in [1.165, 1.54) is 29.4 Å². The van der Waals surface area contributed by atoms with Gasteiger partial charge in [-0.3, -0.25) is 5.32 Å². The number of carbonyl (C=O) groups excluding carboxylic acids is 1. The number of carbonyl (C=O) groups is 1. The van der Waals surface area contributed by atoms with Crippen molar-refractivity contribution in [1.82, 2.24) is 19.9 Å². The van der Waals surface area contributed by atoms with Gasteiger partial charge in [-0.1, -0.05) is 6.07 Å². The average Bonchev–Trinajstić information content (AvgIpc) is 2.82. The molecular weight excluding hydrogens is 662 g/mol. The quantitative estimate of drug-likeness (QED) is 0.285. The van der Waals surface area contributed by atoms with Crippen molar-refractivity contribution >= 4 is 22.8 Å². The summed E-state index contributed by atoms with van der Waals surface area (Å²) >= 11 is 0. The number of pyridine rings is 1. The van der Waals surface area contributed by atoms with E-state index in [2.05, 4.69) is 34.1 Å². The van der Waals surface area contributed by atoms with Crippen molar-refractivity contribution in [2.75, 3.05) is 18.4 Å². The van der Waals surface area contributed by atoms with Crippen LogP contribution in [0.25, 0.3) is 33.3 Å². The fourth-order valence-electron chi connectivity index (χ4n) is 3.47. The number of fused-ring (bicyclic) bond motifs is 1. The van der Waals surface area contributed by atoms with Crippen LogP contribution in [0, 0.1) is 63.5 Å². The van der Waals surface area contributed by atoms with E-state index in [1.807, 2.05) is 25.1 Å². The van der Waals surface area contributed by atoms with E-state index in [9.17, 15) is 9.18 Å². The standard InChI is InChI=1S/C25H21F2N5O.U/c1-4-32(5-2)25(33)31-24-21(27)13-20(23(30-24)16-6-9-18(26)10-7-16)17-8-11-22-19(12-17)15(3)28-14-29-22;/h6-14H,1-2,4-5H2,3H3,(H,30,31,33);/q-2;+2. The van der Waals surface area contributed by atoms with Gasteiger partial charge in [-0.05, 0) is 55.0 Å². The molecule has 1 N–H and O–H groups in total. The first-order valence-corrected chi connectivity index (χ1v) is 10.2. The number of amides is 2. The van der Waals surface area contributed by atoms with Crippen molar-refractivity contribution in [3.05, 3.63) is 86.0 Å². The van der Waals surface area contributed by atoms with E-state index in [1.54, 1.807) is 12.1 Å². The van der Waals surface area contributed by atoms with Crippen LogP contribution in [0.1, 0.15) is 5.69 Å². The number of rotatable bonds is 5. The predicted octanol–water partition coefficient (Wildman–Crippen LogP) is 5.45. The molecule has 2 aromatic heterocycles. The van der Waals surface area contributed by atoms with Gasteiger partial charge in [0.2, 0.25) is 0 Å². The number of halogens is 2. The molecule has 0 bridgehead atoms. The first-order chi connectivity index (χ1) is 15.9. The van der Waals surface area contributed by atoms with Gasteiger partial charge in [0.25, 0.3) is 0 Å². The van der Waals surface area contributed by atoms with Crippen molar-refractivity contribution in [3.8, 4) is 22.4 Å². The van der Waals surface area contributed by atoms with Crippen LogP contribution in [0.2, 0.25) is 0 Å². The number of nitrogens with one attached hydrogen (secondary N) is 1. The van der Waals surface area contributed by atoms with Gasteiger partial charge < -0.3 is 18.7 Å². The average molecular weight is 684 g/mol. The van der Waals surface area contributed by atoms with Crippen molar-refractivity contribution in [2.45, 2.75) is 6.92 Å². The number of aryl methyl sites for hydroxylation is 1. The number of hydrogen-bond donors (Lipinski definition) is 1. The van der Waals surface area contributed by atoms with Crippen LogP contribution in [-0.4, -0.2) is 39.0 Å². The molecule has 0 radical (unpaired) electrons. The van der Waals surface area contributed by atoms with Crippen molar-refractivity contribution in [3.63, 3.8) is 0 Å². The summed E-state index contributed by atoms with van der Waals surface area (Å²) in [5, 5.41) is 3.30. The Morgan fingerprint density at radius 3 is 2.35 bits per heavy atom. The summed E-state index contributed by atoms with van der Waals surface area (Å²) in [6.07, 6.45) is 1.49. The zero-order chi connectivity index (χ0) is 23.5. The molecule has 9 heteroatoms. The molecule has 6 nitrogen and oxygen atoms in total. The Hall–Kier alpha value is -2.89. The van der Waals surface area contributed by atoms with Gasteiger partial charge in [0, 0.05) is 22.2 Å². The molecule has 0 aliphatic carbocycles. The summed E-state index contributed by atoms with van der Waals surface area (Å²) in [6.45, 7) is 9.53. The number of anilines is 1. The summed E-state index contributed by atoms with van der Waals surface area (Å²) in [4.78, 5) is 26.6. The number of urea groups is 1. The fourth-order valence-corrected chi connectivity index (χ4v) is 3.47. The molecular formula is C25H21F2N5OU. The van der Waals surface area contributed by atoms with E-state index < -0.39 is 17.7 Å². The van der Waals surface area contributed by atoms with E-state index in [0.29, 0.717) is 22.4 Å². The molecule has 0 fully saturated rings. The maximum absolute atomic E-state index is 15.1. The normalized spacial score (nSPS) is 10.6. The monoisotopic (exact) mass is 683 g/mol. The molecule has 0 saturated carbocycles. The van der Waals surface area contributed by atoms with Gasteiger partial charge in [0.15, 0.2) is 11.6 Å². The molecule has 0 aliphatic rings. The van der Waals surface area contributed by atoms with Crippen LogP contribution in [0.4, 0.5) is 19.4 Å². The molecule has 2 amide bonds. The molecule has 2 aromatic carbocycles. The Balaban J connectivity index is 0.00000324. The Morgan fingerprint density at radius 2 is 1.68 bits per heavy atom. The number of nitrogens with zero attached hydrogens (tertiary/aromatic N) is 4. The summed E-state index contributed by atoms with van der Waals surface area (Å²) in [7, 11) is 0. The van der Waals surface area contributed by atoms with E-state index in [-0.39, 0.29) is 50.0 Å². The first-order valence-electron chi connectivity index (χ1n) is 10.2. The molecule has 0 saturated heterocycles. The maximum atomic E-state index is 15.1. The molecule has 2 heterocycles. The zero-order valence-electron chi connectivity index (χ0n) is 18.5. The van der Waals surface area contributed by atoms with Crippen LogP contribution in [0.5, 0.6) is 0 Å². The summed E-state index contributed by atoms with van der Waals surface area (Å²) in [6, 6.07) is 11.9. The number of benzene rings is 2. The second kappa shape index (κ2) is 11.0. The van der Waals surface area contributed by atoms with Crippen molar-refractivity contribution in [1.29, 1.82) is 0 Å². The minimum Gasteiger partial charge on any atom is -0.384 e. The minimum atomic E-state index is -0.710. The van der Waals surface area contributed by atoms with Crippen LogP contribution in [0.3, 0.4) is 0 Å². The Morgan fingerprint density at radius 1 is 1.00 bits per heavy atom. The topological polar surface area (TPSA) is 71.0 Å². The fraction of sp³-hybridized carbons (Fsp3) is 0.120. The first kappa shape index (κ1) is 25.7. The number of hydrogen-bond acceptors (Lipinski definition) is 4. The van der Waals surface area contributed by atoms with Gasteiger partial charge in [0.1, 0.15) is 12.1 Å². The summed E-state index contributed by atoms with van der Waals surface area (Å²) < 4.78 is 28.7. The Labute approximate surface area is 220 Å². The van der Waals surface area contributed by atoms with Gasteiger partial charge in [-0.2, -0.15) is 0 Å². The van der Waals surface area contributed by atoms with Crippen LogP contribution in [-0.2, 0) is 0 Å². The van der Waals surface area contributed by atoms with E-state index in [4.69, 9.17) is 0 Å². The Kier molecular flexibility index (Phi) is 8.34. The molecule has 170 valence electrons. The van der Waals surface area contributed by atoms with Gasteiger partial charge in [-0.25, -0.2) is 28.5 Å². The van der Waals surface area contributed by atoms with E-state index in [0.717, 1.165) is 16.6 Å². The minimum absolute atomic E-state index is 0. The zero-order valence-corrected chi connectivity index (χ0v) is 22.6. The van der Waals surface area contributed by atoms with Gasteiger partial charge in [-0.15, -0.1) is 13.1 Å². The molecule has 34 heavy (non-hydrogen) atoms. The predicted molar refractivity (Wildman–Crippen MR) is 124 cm³/mol. The molecule has 0 atom stereocenters. The summed E-state index contributed by atoms with van der Waals surface area (Å²) in [5.41, 5.74) is 3.65. The molecule has 0 aliphatic heterocycles. The molecule has 4 aromatic rings. The molecule has 4 rings (SSSR count). The van der Waals surface area contributed by atoms with Crippen molar-refractivity contribution in [2.24, 2.45) is 0 Å². The SMILES string of the molecule is [CH2-]CN(C[CH2-])C(=O)Nc1nc(-c2ccc(F)cc2)c(-c2ccc3ncnc(C)c3c2)cc1F.[U+2]. The summed E-state index contributed by atoms with van der Waals surface area (Å²) in [5.74, 6) is -1.36. The number of aromatic nitrogens is 3. The van der Waals surface area contributed by atoms with Crippen LogP contribution >= 0.6 is 0 Å². The third-order valence-electron chi connectivity index (χ3n) is 5.29. The largest absolute Gasteiger partial charge is 2.00 e. The molecule has 0 unspecified atom stereocenters. The van der Waals surface area contributed by atoms with E-state index >= 15 is 4.39 Å². The third-order valence-corrected chi connectivity index (χ3v) is 5.29. The van der Waals surface area contributed by atoms with Crippen molar-refractivity contribution < 1.29 is 44.7 Å². The second-order valence-electron chi connectivity index (χ2n) is 7.33. The third kappa shape index (κ3) is 5.26. The molecule has 0 spiro atoms. The second-order valence-corrected chi connectivity index (χ2v) is 7.33. The Bertz CT molecular complexity index is 1330. The van der Waals surface area contributed by atoms with Gasteiger partial charge in [0.05, 0.1) is 11.2 Å².